The minimum Gasteiger partial charge on any atom is -0.493 e. The zero-order valence-corrected chi connectivity index (χ0v) is 12.9. The molecule has 4 heteroatoms. The monoisotopic (exact) mass is 301 g/mol. The predicted octanol–water partition coefficient (Wildman–Crippen LogP) is 2.35. The first kappa shape index (κ1) is 14.1. The van der Waals surface area contributed by atoms with Crippen molar-refractivity contribution in [3.8, 4) is 5.75 Å². The van der Waals surface area contributed by atoms with E-state index < -0.39 is 11.4 Å². The molecule has 1 aliphatic carbocycles. The summed E-state index contributed by atoms with van der Waals surface area (Å²) in [6.07, 6.45) is 5.03. The summed E-state index contributed by atoms with van der Waals surface area (Å²) in [5, 5.41) is 9.64. The average Bonchev–Trinajstić information content (AvgIpc) is 3.18. The van der Waals surface area contributed by atoms with Crippen molar-refractivity contribution < 1.29 is 14.6 Å². The number of hydrogen-bond donors (Lipinski definition) is 1. The van der Waals surface area contributed by atoms with E-state index in [4.69, 9.17) is 4.74 Å². The van der Waals surface area contributed by atoms with Crippen molar-refractivity contribution in [1.29, 1.82) is 0 Å². The number of ether oxygens (including phenoxy) is 1. The molecule has 0 bridgehead atoms. The van der Waals surface area contributed by atoms with Crippen LogP contribution in [0.1, 0.15) is 30.4 Å². The van der Waals surface area contributed by atoms with Gasteiger partial charge >= 0.3 is 5.97 Å². The largest absolute Gasteiger partial charge is 0.493 e. The Balaban J connectivity index is 1.40. The van der Waals surface area contributed by atoms with Crippen LogP contribution in [0.3, 0.4) is 0 Å². The zero-order valence-electron chi connectivity index (χ0n) is 12.9. The van der Waals surface area contributed by atoms with Gasteiger partial charge in [0.1, 0.15) is 5.75 Å². The van der Waals surface area contributed by atoms with Crippen molar-refractivity contribution in [2.24, 2.45) is 11.3 Å². The lowest BCUT2D eigenvalue weighted by Gasteiger charge is -2.23. The van der Waals surface area contributed by atoms with Crippen LogP contribution in [0.5, 0.6) is 5.75 Å². The van der Waals surface area contributed by atoms with Crippen molar-refractivity contribution >= 4 is 5.97 Å². The fraction of sp³-hybridized carbons (Fsp3) is 0.611. The molecule has 118 valence electrons. The van der Waals surface area contributed by atoms with Crippen LogP contribution in [-0.4, -0.2) is 42.2 Å². The van der Waals surface area contributed by atoms with Crippen LogP contribution in [0.15, 0.2) is 18.2 Å². The number of carboxylic acids is 1. The molecule has 2 atom stereocenters. The quantitative estimate of drug-likeness (QED) is 0.927. The second kappa shape index (κ2) is 5.27. The number of fused-ring (bicyclic) bond motifs is 2. The molecule has 2 fully saturated rings. The van der Waals surface area contributed by atoms with Gasteiger partial charge in [-0.1, -0.05) is 18.6 Å². The number of benzene rings is 1. The van der Waals surface area contributed by atoms with Gasteiger partial charge in [0.05, 0.1) is 12.0 Å². The Hall–Kier alpha value is -1.55. The highest BCUT2D eigenvalue weighted by Crippen LogP contribution is 2.48. The molecule has 4 nitrogen and oxygen atoms in total. The predicted molar refractivity (Wildman–Crippen MR) is 83.2 cm³/mol. The van der Waals surface area contributed by atoms with Crippen LogP contribution in [-0.2, 0) is 17.6 Å². The molecule has 0 unspecified atom stereocenters. The molecule has 22 heavy (non-hydrogen) atoms. The Bertz CT molecular complexity index is 600. The molecule has 1 saturated carbocycles. The van der Waals surface area contributed by atoms with E-state index in [-0.39, 0.29) is 0 Å². The minimum atomic E-state index is -0.577. The van der Waals surface area contributed by atoms with E-state index in [1.54, 1.807) is 0 Å². The number of rotatable bonds is 4. The maximum absolute atomic E-state index is 11.7. The number of carboxylic acid groups (broad SMARTS) is 1. The van der Waals surface area contributed by atoms with Crippen LogP contribution >= 0.6 is 0 Å². The maximum Gasteiger partial charge on any atom is 0.311 e. The van der Waals surface area contributed by atoms with Gasteiger partial charge in [-0.25, -0.2) is 0 Å². The summed E-state index contributed by atoms with van der Waals surface area (Å²) in [6.45, 7) is 3.46. The van der Waals surface area contributed by atoms with Gasteiger partial charge in [-0.2, -0.15) is 0 Å². The average molecular weight is 301 g/mol. The van der Waals surface area contributed by atoms with Crippen molar-refractivity contribution in [2.75, 3.05) is 26.2 Å². The minimum absolute atomic E-state index is 0.360. The summed E-state index contributed by atoms with van der Waals surface area (Å²) in [5.41, 5.74) is 2.20. The molecule has 0 amide bonds. The first-order valence-electron chi connectivity index (χ1n) is 8.38. The summed E-state index contributed by atoms with van der Waals surface area (Å²) in [5.74, 6) is 0.815. The van der Waals surface area contributed by atoms with Crippen LogP contribution < -0.4 is 4.74 Å². The normalized spacial score (nSPS) is 30.1. The molecule has 0 radical (unpaired) electrons. The molecule has 1 aromatic rings. The number of hydrogen-bond acceptors (Lipinski definition) is 3. The third kappa shape index (κ3) is 2.21. The highest BCUT2D eigenvalue weighted by Gasteiger charge is 2.54. The summed E-state index contributed by atoms with van der Waals surface area (Å²) >= 11 is 0. The van der Waals surface area contributed by atoms with E-state index in [1.165, 1.54) is 11.1 Å². The highest BCUT2D eigenvalue weighted by atomic mass is 16.5. The number of nitrogens with zero attached hydrogens (tertiary/aromatic N) is 1. The van der Waals surface area contributed by atoms with Gasteiger partial charge in [-0.3, -0.25) is 4.79 Å². The second-order valence-corrected chi connectivity index (χ2v) is 7.08. The van der Waals surface area contributed by atoms with E-state index in [2.05, 4.69) is 23.1 Å². The second-order valence-electron chi connectivity index (χ2n) is 7.08. The van der Waals surface area contributed by atoms with Crippen molar-refractivity contribution in [3.63, 3.8) is 0 Å². The Kier molecular flexibility index (Phi) is 3.37. The molecular weight excluding hydrogens is 278 g/mol. The standard InChI is InChI=1S/C18H23NO3/c20-17(21)18-7-1-2-15(18)11-19(12-18)8-5-13-3-4-16-14(10-13)6-9-22-16/h3-4,10,15H,1-2,5-9,11-12H2,(H,20,21)/t15-,18+/m0/s1. The Morgan fingerprint density at radius 3 is 3.18 bits per heavy atom. The Morgan fingerprint density at radius 1 is 1.45 bits per heavy atom. The third-order valence-electron chi connectivity index (χ3n) is 5.84. The van der Waals surface area contributed by atoms with Crippen molar-refractivity contribution in [2.45, 2.75) is 32.1 Å². The molecule has 0 spiro atoms. The Morgan fingerprint density at radius 2 is 2.36 bits per heavy atom. The first-order valence-corrected chi connectivity index (χ1v) is 8.38. The molecule has 1 N–H and O–H groups in total. The molecule has 3 aliphatic rings. The summed E-state index contributed by atoms with van der Waals surface area (Å²) in [6, 6.07) is 6.48. The van der Waals surface area contributed by atoms with E-state index >= 15 is 0 Å². The van der Waals surface area contributed by atoms with Gasteiger partial charge in [0.25, 0.3) is 0 Å². The van der Waals surface area contributed by atoms with Gasteiger partial charge < -0.3 is 14.7 Å². The van der Waals surface area contributed by atoms with E-state index in [9.17, 15) is 9.90 Å². The first-order chi connectivity index (χ1) is 10.7. The molecule has 0 aromatic heterocycles. The molecule has 4 rings (SSSR count). The topological polar surface area (TPSA) is 49.8 Å². The number of carbonyl (C=O) groups is 1. The van der Waals surface area contributed by atoms with Crippen LogP contribution in [0.25, 0.3) is 0 Å². The summed E-state index contributed by atoms with van der Waals surface area (Å²) in [4.78, 5) is 14.1. The fourth-order valence-corrected chi connectivity index (χ4v) is 4.60. The van der Waals surface area contributed by atoms with Gasteiger partial charge in [0, 0.05) is 26.1 Å². The van der Waals surface area contributed by atoms with Gasteiger partial charge in [0.2, 0.25) is 0 Å². The van der Waals surface area contributed by atoms with Crippen molar-refractivity contribution in [1.82, 2.24) is 4.90 Å². The number of aliphatic carboxylic acids is 1. The van der Waals surface area contributed by atoms with Crippen molar-refractivity contribution in [3.05, 3.63) is 29.3 Å². The fourth-order valence-electron chi connectivity index (χ4n) is 4.60. The molecule has 2 heterocycles. The van der Waals surface area contributed by atoms with Gasteiger partial charge in [0.15, 0.2) is 0 Å². The molecule has 1 saturated heterocycles. The lowest BCUT2D eigenvalue weighted by atomic mass is 9.81. The van der Waals surface area contributed by atoms with Gasteiger partial charge in [-0.15, -0.1) is 0 Å². The summed E-state index contributed by atoms with van der Waals surface area (Å²) in [7, 11) is 0. The molecular formula is C18H23NO3. The van der Waals surface area contributed by atoms with E-state index in [1.807, 2.05) is 0 Å². The van der Waals surface area contributed by atoms with Crippen LogP contribution in [0.4, 0.5) is 0 Å². The van der Waals surface area contributed by atoms with Crippen LogP contribution in [0, 0.1) is 11.3 Å². The zero-order chi connectivity index (χ0) is 15.2. The SMILES string of the molecule is O=C(O)[C@@]12CCC[C@H]1CN(CCc1ccc3c(c1)CCO3)C2. The number of likely N-dealkylation sites (tertiary alicyclic amines) is 1. The van der Waals surface area contributed by atoms with E-state index in [0.717, 1.165) is 64.1 Å². The lowest BCUT2D eigenvalue weighted by molar-refractivity contribution is -0.149. The third-order valence-corrected chi connectivity index (χ3v) is 5.84. The highest BCUT2D eigenvalue weighted by molar-refractivity contribution is 5.76. The van der Waals surface area contributed by atoms with E-state index in [0.29, 0.717) is 5.92 Å². The lowest BCUT2D eigenvalue weighted by Crippen LogP contribution is -2.36. The maximum atomic E-state index is 11.7. The van der Waals surface area contributed by atoms with Gasteiger partial charge in [-0.05, 0) is 42.4 Å². The smallest absolute Gasteiger partial charge is 0.311 e. The molecule has 1 aromatic carbocycles. The Labute approximate surface area is 131 Å². The summed E-state index contributed by atoms with van der Waals surface area (Å²) < 4.78 is 5.55. The van der Waals surface area contributed by atoms with Crippen LogP contribution in [0.2, 0.25) is 0 Å². The molecule has 2 aliphatic heterocycles.